The largest absolute Gasteiger partial charge is 0.340 e. The molecule has 1 saturated heterocycles. The molecule has 0 amide bonds. The number of halogens is 2. The number of hydrogen-bond acceptors (Lipinski definition) is 2. The fraction of sp³-hybridized carbons (Fsp3) is 0.0769. The summed E-state index contributed by atoms with van der Waals surface area (Å²) < 4.78 is 26.6. The number of benzene rings is 3. The van der Waals surface area contributed by atoms with Gasteiger partial charge in [-0.05, 0) is 71.9 Å². The monoisotopic (exact) mass is 446 g/mol. The highest BCUT2D eigenvalue weighted by Gasteiger charge is 2.27. The highest BCUT2D eigenvalue weighted by molar-refractivity contribution is 7.80. The van der Waals surface area contributed by atoms with Gasteiger partial charge in [-0.1, -0.05) is 42.5 Å². The summed E-state index contributed by atoms with van der Waals surface area (Å²) in [4.78, 5) is 15.1. The van der Waals surface area contributed by atoms with E-state index in [1.807, 2.05) is 35.2 Å². The quantitative estimate of drug-likeness (QED) is 0.412. The van der Waals surface area contributed by atoms with Gasteiger partial charge >= 0.3 is 0 Å². The minimum Gasteiger partial charge on any atom is -0.340 e. The van der Waals surface area contributed by atoms with Gasteiger partial charge in [-0.3, -0.25) is 4.79 Å². The predicted molar refractivity (Wildman–Crippen MR) is 128 cm³/mol. The molecule has 0 spiro atoms. The number of Topliss-reactive ketones (excluding diaryl/α,β-unsaturated/α-hetero) is 1. The van der Waals surface area contributed by atoms with E-state index in [0.717, 1.165) is 16.8 Å². The van der Waals surface area contributed by atoms with Gasteiger partial charge in [-0.15, -0.1) is 0 Å². The molecule has 0 atom stereocenters. The lowest BCUT2D eigenvalue weighted by Crippen LogP contribution is -2.43. The van der Waals surface area contributed by atoms with E-state index in [9.17, 15) is 13.6 Å². The van der Waals surface area contributed by atoms with Gasteiger partial charge in [0.15, 0.2) is 10.9 Å². The molecule has 6 heteroatoms. The van der Waals surface area contributed by atoms with Crippen LogP contribution in [0.1, 0.15) is 11.1 Å². The number of thiocarbonyl (C=S) groups is 1. The number of nitrogens with one attached hydrogen (secondary N) is 1. The molecule has 160 valence electrons. The summed E-state index contributed by atoms with van der Waals surface area (Å²) in [7, 11) is 0. The van der Waals surface area contributed by atoms with Crippen LogP contribution in [-0.4, -0.2) is 28.9 Å². The van der Waals surface area contributed by atoms with Crippen molar-refractivity contribution in [2.75, 3.05) is 18.4 Å². The molecule has 1 heterocycles. The molecule has 1 fully saturated rings. The molecule has 0 aliphatic carbocycles. The molecule has 4 rings (SSSR count). The average Bonchev–Trinajstić information content (AvgIpc) is 2.80. The lowest BCUT2D eigenvalue weighted by atomic mass is 9.94. The summed E-state index contributed by atoms with van der Waals surface area (Å²) in [6.45, 7) is 0.630. The van der Waals surface area contributed by atoms with E-state index in [4.69, 9.17) is 12.2 Å². The molecule has 0 radical (unpaired) electrons. The van der Waals surface area contributed by atoms with Crippen molar-refractivity contribution >= 4 is 41.0 Å². The number of rotatable bonds is 3. The third-order valence-corrected chi connectivity index (χ3v) is 5.40. The van der Waals surface area contributed by atoms with Gasteiger partial charge in [0.2, 0.25) is 0 Å². The molecule has 0 aromatic heterocycles. The van der Waals surface area contributed by atoms with Crippen LogP contribution in [0.5, 0.6) is 0 Å². The Kier molecular flexibility index (Phi) is 6.52. The van der Waals surface area contributed by atoms with Crippen LogP contribution in [-0.2, 0) is 4.79 Å². The zero-order chi connectivity index (χ0) is 22.5. The van der Waals surface area contributed by atoms with Crippen molar-refractivity contribution in [2.45, 2.75) is 0 Å². The lowest BCUT2D eigenvalue weighted by molar-refractivity contribution is -0.113. The number of piperidine rings is 1. The van der Waals surface area contributed by atoms with Crippen molar-refractivity contribution < 1.29 is 13.6 Å². The Hall–Kier alpha value is -3.64. The molecule has 0 saturated carbocycles. The standard InChI is InChI=1S/C26H20F2N2OS/c27-22-10-6-18(7-11-22)14-20-16-30(26(32)29-24-4-2-1-3-5-24)17-21(25(20)31)15-19-8-12-23(28)13-9-19/h1-15H,16-17H2,(H,29,32)/b20-14+,21-15+. The first-order valence-corrected chi connectivity index (χ1v) is 10.5. The highest BCUT2D eigenvalue weighted by atomic mass is 32.1. The van der Waals surface area contributed by atoms with Crippen LogP contribution in [0.2, 0.25) is 0 Å². The van der Waals surface area contributed by atoms with E-state index < -0.39 is 0 Å². The minimum absolute atomic E-state index is 0.114. The number of ketones is 1. The molecular weight excluding hydrogens is 426 g/mol. The highest BCUT2D eigenvalue weighted by Crippen LogP contribution is 2.23. The maximum absolute atomic E-state index is 13.3. The SMILES string of the molecule is O=C1/C(=C/c2ccc(F)cc2)CN(C(=S)Nc2ccccc2)C/C1=C\c1ccc(F)cc1. The molecular formula is C26H20F2N2OS. The summed E-state index contributed by atoms with van der Waals surface area (Å²) in [6, 6.07) is 21.5. The zero-order valence-electron chi connectivity index (χ0n) is 17.1. The van der Waals surface area contributed by atoms with Crippen LogP contribution < -0.4 is 5.32 Å². The fourth-order valence-electron chi connectivity index (χ4n) is 3.43. The third-order valence-electron chi connectivity index (χ3n) is 5.04. The summed E-state index contributed by atoms with van der Waals surface area (Å²) >= 11 is 5.61. The number of likely N-dealkylation sites (tertiary alicyclic amines) is 1. The van der Waals surface area contributed by atoms with E-state index in [2.05, 4.69) is 5.32 Å². The molecule has 32 heavy (non-hydrogen) atoms. The van der Waals surface area contributed by atoms with Crippen molar-refractivity contribution in [3.05, 3.63) is 113 Å². The van der Waals surface area contributed by atoms with Crippen LogP contribution in [0.3, 0.4) is 0 Å². The van der Waals surface area contributed by atoms with Crippen LogP contribution in [0, 0.1) is 11.6 Å². The summed E-state index contributed by atoms with van der Waals surface area (Å²) in [5.41, 5.74) is 3.36. The molecule has 1 aliphatic rings. The number of para-hydroxylation sites is 1. The normalized spacial score (nSPS) is 16.4. The lowest BCUT2D eigenvalue weighted by Gasteiger charge is -2.32. The molecule has 1 N–H and O–H groups in total. The van der Waals surface area contributed by atoms with Gasteiger partial charge in [0.25, 0.3) is 0 Å². The number of anilines is 1. The third kappa shape index (κ3) is 5.34. The number of carbonyl (C=O) groups excluding carboxylic acids is 1. The van der Waals surface area contributed by atoms with E-state index in [1.165, 1.54) is 24.3 Å². The van der Waals surface area contributed by atoms with Crippen LogP contribution >= 0.6 is 12.2 Å². The molecule has 3 aromatic carbocycles. The van der Waals surface area contributed by atoms with Crippen molar-refractivity contribution in [1.82, 2.24) is 4.90 Å². The van der Waals surface area contributed by atoms with Gasteiger partial charge in [-0.2, -0.15) is 0 Å². The fourth-order valence-corrected chi connectivity index (χ4v) is 3.67. The average molecular weight is 447 g/mol. The van der Waals surface area contributed by atoms with E-state index in [1.54, 1.807) is 36.4 Å². The second-order valence-corrected chi connectivity index (χ2v) is 7.81. The topological polar surface area (TPSA) is 32.3 Å². The first-order valence-electron chi connectivity index (χ1n) is 10.1. The van der Waals surface area contributed by atoms with E-state index >= 15 is 0 Å². The summed E-state index contributed by atoms with van der Waals surface area (Å²) in [5.74, 6) is -0.792. The molecule has 3 aromatic rings. The zero-order valence-corrected chi connectivity index (χ0v) is 17.9. The minimum atomic E-state index is -0.339. The van der Waals surface area contributed by atoms with Crippen LogP contribution in [0.25, 0.3) is 12.2 Å². The second kappa shape index (κ2) is 9.66. The van der Waals surface area contributed by atoms with Crippen LogP contribution in [0.15, 0.2) is 90.0 Å². The number of carbonyl (C=O) groups is 1. The van der Waals surface area contributed by atoms with Crippen molar-refractivity contribution in [3.63, 3.8) is 0 Å². The molecule has 0 bridgehead atoms. The van der Waals surface area contributed by atoms with Gasteiger partial charge < -0.3 is 10.2 Å². The second-order valence-electron chi connectivity index (χ2n) is 7.42. The van der Waals surface area contributed by atoms with Gasteiger partial charge in [0.1, 0.15) is 11.6 Å². The Morgan fingerprint density at radius 1 is 0.781 bits per heavy atom. The molecule has 0 unspecified atom stereocenters. The molecule has 1 aliphatic heterocycles. The van der Waals surface area contributed by atoms with E-state index in [-0.39, 0.29) is 17.4 Å². The van der Waals surface area contributed by atoms with Gasteiger partial charge in [-0.25, -0.2) is 8.78 Å². The maximum atomic E-state index is 13.3. The first-order chi connectivity index (χ1) is 15.5. The Bertz CT molecular complexity index is 1120. The van der Waals surface area contributed by atoms with Gasteiger partial charge in [0, 0.05) is 29.9 Å². The smallest absolute Gasteiger partial charge is 0.188 e. The number of nitrogens with zero attached hydrogens (tertiary/aromatic N) is 1. The van der Waals surface area contributed by atoms with Crippen molar-refractivity contribution in [3.8, 4) is 0 Å². The Balaban J connectivity index is 1.66. The molecule has 3 nitrogen and oxygen atoms in total. The summed E-state index contributed by atoms with van der Waals surface area (Å²) in [6.07, 6.45) is 3.50. The number of hydrogen-bond donors (Lipinski definition) is 1. The van der Waals surface area contributed by atoms with Crippen LogP contribution in [0.4, 0.5) is 14.5 Å². The van der Waals surface area contributed by atoms with Gasteiger partial charge in [0.05, 0.1) is 0 Å². The first kappa shape index (κ1) is 21.6. The Morgan fingerprint density at radius 2 is 1.25 bits per heavy atom. The summed E-state index contributed by atoms with van der Waals surface area (Å²) in [5, 5.41) is 3.69. The Labute approximate surface area is 190 Å². The maximum Gasteiger partial charge on any atom is 0.188 e. The Morgan fingerprint density at radius 3 is 1.72 bits per heavy atom. The van der Waals surface area contributed by atoms with Crippen molar-refractivity contribution in [1.29, 1.82) is 0 Å². The van der Waals surface area contributed by atoms with E-state index in [0.29, 0.717) is 29.3 Å². The van der Waals surface area contributed by atoms with Crippen molar-refractivity contribution in [2.24, 2.45) is 0 Å². The predicted octanol–water partition coefficient (Wildman–Crippen LogP) is 5.71.